The fraction of sp³-hybridized carbons (Fsp3) is 1.00. The first-order valence-electron chi connectivity index (χ1n) is 5.73. The van der Waals surface area contributed by atoms with Crippen molar-refractivity contribution in [3.05, 3.63) is 0 Å². The third-order valence-corrected chi connectivity index (χ3v) is 4.12. The molecule has 0 spiro atoms. The van der Waals surface area contributed by atoms with E-state index in [0.717, 1.165) is 18.4 Å². The maximum atomic E-state index is 5.84. The quantitative estimate of drug-likeness (QED) is 0.700. The van der Waals surface area contributed by atoms with Crippen LogP contribution in [-0.2, 0) is 0 Å². The first-order chi connectivity index (χ1) is 6.33. The van der Waals surface area contributed by atoms with Crippen LogP contribution in [0.5, 0.6) is 0 Å². The number of rotatable bonds is 2. The topological polar surface area (TPSA) is 29.3 Å². The molecule has 1 saturated heterocycles. The van der Waals surface area contributed by atoms with E-state index in [9.17, 15) is 0 Å². The fourth-order valence-electron chi connectivity index (χ4n) is 3.33. The number of nitrogens with two attached hydrogens (primary N) is 1. The maximum Gasteiger partial charge on any atom is 0.0246 e. The number of likely N-dealkylation sites (N-methyl/N-ethyl adjacent to an activating group) is 1. The minimum Gasteiger partial charge on any atom is -0.329 e. The summed E-state index contributed by atoms with van der Waals surface area (Å²) in [6.45, 7) is 2.13. The van der Waals surface area contributed by atoms with E-state index in [-0.39, 0.29) is 0 Å². The van der Waals surface area contributed by atoms with Gasteiger partial charge in [-0.1, -0.05) is 25.7 Å². The lowest BCUT2D eigenvalue weighted by Crippen LogP contribution is -2.38. The van der Waals surface area contributed by atoms with Crippen LogP contribution in [0.25, 0.3) is 0 Å². The smallest absolute Gasteiger partial charge is 0.0246 e. The summed E-state index contributed by atoms with van der Waals surface area (Å²) in [4.78, 5) is 2.46. The summed E-state index contributed by atoms with van der Waals surface area (Å²) in [5.41, 5.74) is 5.84. The summed E-state index contributed by atoms with van der Waals surface area (Å²) in [7, 11) is 2.23. The van der Waals surface area contributed by atoms with Gasteiger partial charge in [0.25, 0.3) is 0 Å². The predicted octanol–water partition coefficient (Wildman–Crippen LogP) is 1.46. The van der Waals surface area contributed by atoms with Crippen molar-refractivity contribution in [1.29, 1.82) is 0 Å². The largest absolute Gasteiger partial charge is 0.329 e. The van der Waals surface area contributed by atoms with Gasteiger partial charge in [-0.15, -0.1) is 0 Å². The minimum atomic E-state index is 0.683. The average Bonchev–Trinajstić information content (AvgIpc) is 2.71. The molecule has 76 valence electrons. The van der Waals surface area contributed by atoms with Gasteiger partial charge in [-0.25, -0.2) is 0 Å². The SMILES string of the molecule is CN1CCC(C2CCCC2)C1CN. The molecule has 2 N–H and O–H groups in total. The Labute approximate surface area is 81.5 Å². The van der Waals surface area contributed by atoms with Crippen molar-refractivity contribution in [3.8, 4) is 0 Å². The third kappa shape index (κ3) is 1.75. The van der Waals surface area contributed by atoms with Crippen molar-refractivity contribution >= 4 is 0 Å². The standard InChI is InChI=1S/C11H22N2/c1-13-7-6-10(11(13)8-12)9-4-2-3-5-9/h9-11H,2-8,12H2,1H3. The highest BCUT2D eigenvalue weighted by atomic mass is 15.2. The van der Waals surface area contributed by atoms with E-state index >= 15 is 0 Å². The Morgan fingerprint density at radius 1 is 1.23 bits per heavy atom. The molecule has 0 aromatic carbocycles. The molecule has 2 aliphatic rings. The van der Waals surface area contributed by atoms with Gasteiger partial charge in [0.1, 0.15) is 0 Å². The van der Waals surface area contributed by atoms with Gasteiger partial charge in [0.15, 0.2) is 0 Å². The van der Waals surface area contributed by atoms with E-state index < -0.39 is 0 Å². The number of likely N-dealkylation sites (tertiary alicyclic amines) is 1. The van der Waals surface area contributed by atoms with E-state index in [1.54, 1.807) is 0 Å². The van der Waals surface area contributed by atoms with Gasteiger partial charge in [-0.2, -0.15) is 0 Å². The highest BCUT2D eigenvalue weighted by Gasteiger charge is 2.36. The molecule has 2 rings (SSSR count). The Bertz CT molecular complexity index is 163. The van der Waals surface area contributed by atoms with Crippen molar-refractivity contribution in [2.45, 2.75) is 38.1 Å². The molecule has 0 aromatic rings. The number of hydrogen-bond acceptors (Lipinski definition) is 2. The van der Waals surface area contributed by atoms with Crippen LogP contribution < -0.4 is 5.73 Å². The summed E-state index contributed by atoms with van der Waals surface area (Å²) in [6, 6.07) is 0.683. The molecule has 2 fully saturated rings. The maximum absolute atomic E-state index is 5.84. The van der Waals surface area contributed by atoms with Crippen LogP contribution in [0.4, 0.5) is 0 Å². The monoisotopic (exact) mass is 182 g/mol. The van der Waals surface area contributed by atoms with Gasteiger partial charge in [0, 0.05) is 12.6 Å². The van der Waals surface area contributed by atoms with E-state index in [1.807, 2.05) is 0 Å². The lowest BCUT2D eigenvalue weighted by atomic mass is 9.85. The molecule has 1 heterocycles. The summed E-state index contributed by atoms with van der Waals surface area (Å²) in [6.07, 6.45) is 7.25. The fourth-order valence-corrected chi connectivity index (χ4v) is 3.33. The van der Waals surface area contributed by atoms with Gasteiger partial charge >= 0.3 is 0 Å². The van der Waals surface area contributed by atoms with Gasteiger partial charge in [0.2, 0.25) is 0 Å². The second-order valence-corrected chi connectivity index (χ2v) is 4.78. The number of hydrogen-bond donors (Lipinski definition) is 1. The van der Waals surface area contributed by atoms with Crippen molar-refractivity contribution in [2.24, 2.45) is 17.6 Å². The van der Waals surface area contributed by atoms with Gasteiger partial charge in [-0.3, -0.25) is 0 Å². The molecule has 0 amide bonds. The molecule has 0 radical (unpaired) electrons. The van der Waals surface area contributed by atoms with E-state index in [0.29, 0.717) is 6.04 Å². The molecule has 2 nitrogen and oxygen atoms in total. The highest BCUT2D eigenvalue weighted by Crippen LogP contribution is 2.38. The molecule has 0 aromatic heterocycles. The van der Waals surface area contributed by atoms with Crippen molar-refractivity contribution in [1.82, 2.24) is 4.90 Å². The molecule has 2 heteroatoms. The molecule has 13 heavy (non-hydrogen) atoms. The summed E-state index contributed by atoms with van der Waals surface area (Å²) in [5, 5.41) is 0. The Kier molecular flexibility index (Phi) is 2.89. The van der Waals surface area contributed by atoms with Crippen molar-refractivity contribution in [3.63, 3.8) is 0 Å². The molecular formula is C11H22N2. The van der Waals surface area contributed by atoms with Crippen LogP contribution >= 0.6 is 0 Å². The third-order valence-electron chi connectivity index (χ3n) is 4.12. The van der Waals surface area contributed by atoms with Crippen LogP contribution in [0.3, 0.4) is 0 Å². The van der Waals surface area contributed by atoms with Gasteiger partial charge in [-0.05, 0) is 31.8 Å². The first kappa shape index (κ1) is 9.47. The Hall–Kier alpha value is -0.0800. The van der Waals surface area contributed by atoms with Gasteiger partial charge in [0.05, 0.1) is 0 Å². The summed E-state index contributed by atoms with van der Waals surface area (Å²) in [5.74, 6) is 1.91. The Morgan fingerprint density at radius 2 is 1.92 bits per heavy atom. The van der Waals surface area contributed by atoms with E-state index in [4.69, 9.17) is 5.73 Å². The zero-order valence-corrected chi connectivity index (χ0v) is 8.71. The second-order valence-electron chi connectivity index (χ2n) is 4.78. The van der Waals surface area contributed by atoms with Crippen LogP contribution in [-0.4, -0.2) is 31.1 Å². The summed E-state index contributed by atoms with van der Waals surface area (Å²) < 4.78 is 0. The molecule has 1 aliphatic carbocycles. The molecular weight excluding hydrogens is 160 g/mol. The lowest BCUT2D eigenvalue weighted by molar-refractivity contribution is 0.227. The number of nitrogens with zero attached hydrogens (tertiary/aromatic N) is 1. The van der Waals surface area contributed by atoms with Crippen molar-refractivity contribution in [2.75, 3.05) is 20.1 Å². The van der Waals surface area contributed by atoms with Crippen LogP contribution in [0.15, 0.2) is 0 Å². The van der Waals surface area contributed by atoms with E-state index in [1.165, 1.54) is 38.6 Å². The zero-order chi connectivity index (χ0) is 9.26. The van der Waals surface area contributed by atoms with Crippen LogP contribution in [0.1, 0.15) is 32.1 Å². The van der Waals surface area contributed by atoms with Gasteiger partial charge < -0.3 is 10.6 Å². The highest BCUT2D eigenvalue weighted by molar-refractivity contribution is 4.91. The molecule has 2 unspecified atom stereocenters. The van der Waals surface area contributed by atoms with Crippen LogP contribution in [0.2, 0.25) is 0 Å². The van der Waals surface area contributed by atoms with Crippen LogP contribution in [0, 0.1) is 11.8 Å². The Morgan fingerprint density at radius 3 is 2.54 bits per heavy atom. The first-order valence-corrected chi connectivity index (χ1v) is 5.73. The lowest BCUT2D eigenvalue weighted by Gasteiger charge is -2.27. The average molecular weight is 182 g/mol. The minimum absolute atomic E-state index is 0.683. The zero-order valence-electron chi connectivity index (χ0n) is 8.71. The molecule has 1 aliphatic heterocycles. The van der Waals surface area contributed by atoms with E-state index in [2.05, 4.69) is 11.9 Å². The summed E-state index contributed by atoms with van der Waals surface area (Å²) >= 11 is 0. The Balaban J connectivity index is 1.97. The second kappa shape index (κ2) is 3.97. The predicted molar refractivity (Wildman–Crippen MR) is 55.5 cm³/mol. The normalized spacial score (nSPS) is 37.4. The molecule has 2 atom stereocenters. The van der Waals surface area contributed by atoms with Crippen molar-refractivity contribution < 1.29 is 0 Å². The molecule has 0 bridgehead atoms. The molecule has 1 saturated carbocycles.